The third-order valence-corrected chi connectivity index (χ3v) is 3.69. The molecule has 1 aliphatic rings. The van der Waals surface area contributed by atoms with Gasteiger partial charge in [-0.15, -0.1) is 0 Å². The molecular formula is C13H28N2. The Labute approximate surface area is 95.2 Å². The fourth-order valence-corrected chi connectivity index (χ4v) is 2.65. The fraction of sp³-hybridized carbons (Fsp3) is 1.00. The van der Waals surface area contributed by atoms with Gasteiger partial charge in [0, 0.05) is 18.6 Å². The van der Waals surface area contributed by atoms with E-state index in [4.69, 9.17) is 5.73 Å². The van der Waals surface area contributed by atoms with E-state index in [1.165, 1.54) is 38.6 Å². The maximum absolute atomic E-state index is 6.31. The van der Waals surface area contributed by atoms with Gasteiger partial charge in [0.05, 0.1) is 0 Å². The van der Waals surface area contributed by atoms with Crippen LogP contribution in [0.3, 0.4) is 0 Å². The number of hydrogen-bond donors (Lipinski definition) is 1. The van der Waals surface area contributed by atoms with Gasteiger partial charge in [0.2, 0.25) is 0 Å². The maximum Gasteiger partial charge on any atom is 0.0196 e. The third kappa shape index (κ3) is 4.12. The van der Waals surface area contributed by atoms with Crippen molar-refractivity contribution in [3.63, 3.8) is 0 Å². The van der Waals surface area contributed by atoms with Crippen LogP contribution in [0.25, 0.3) is 0 Å². The molecule has 0 radical (unpaired) electrons. The highest BCUT2D eigenvalue weighted by Gasteiger charge is 2.24. The second kappa shape index (κ2) is 6.49. The van der Waals surface area contributed by atoms with E-state index in [0.29, 0.717) is 12.1 Å². The molecule has 0 amide bonds. The molecule has 1 unspecified atom stereocenters. The minimum Gasteiger partial charge on any atom is -0.326 e. The van der Waals surface area contributed by atoms with E-state index in [-0.39, 0.29) is 0 Å². The molecule has 1 saturated carbocycles. The summed E-state index contributed by atoms with van der Waals surface area (Å²) in [5.74, 6) is 0.795. The molecular weight excluding hydrogens is 184 g/mol. The first-order valence-electron chi connectivity index (χ1n) is 6.64. The highest BCUT2D eigenvalue weighted by molar-refractivity contribution is 4.81. The van der Waals surface area contributed by atoms with Crippen LogP contribution in [0.5, 0.6) is 0 Å². The Hall–Kier alpha value is -0.0800. The lowest BCUT2D eigenvalue weighted by molar-refractivity contribution is 0.189. The fourth-order valence-electron chi connectivity index (χ4n) is 2.65. The van der Waals surface area contributed by atoms with Crippen molar-refractivity contribution in [1.82, 2.24) is 4.90 Å². The van der Waals surface area contributed by atoms with Crippen LogP contribution >= 0.6 is 0 Å². The van der Waals surface area contributed by atoms with Crippen LogP contribution in [0, 0.1) is 5.92 Å². The summed E-state index contributed by atoms with van der Waals surface area (Å²) in [7, 11) is 0. The van der Waals surface area contributed by atoms with E-state index in [1.54, 1.807) is 0 Å². The van der Waals surface area contributed by atoms with Crippen LogP contribution in [-0.2, 0) is 0 Å². The molecule has 90 valence electrons. The average Bonchev–Trinajstić information content (AvgIpc) is 2.69. The van der Waals surface area contributed by atoms with Gasteiger partial charge in [-0.05, 0) is 45.6 Å². The second-order valence-corrected chi connectivity index (χ2v) is 5.30. The first-order chi connectivity index (χ1) is 7.15. The first kappa shape index (κ1) is 13.0. The molecule has 0 aromatic rings. The SMILES string of the molecule is CCCN(CC(N)C1CCCC1)C(C)C. The number of nitrogens with two attached hydrogens (primary N) is 1. The Morgan fingerprint density at radius 3 is 2.33 bits per heavy atom. The van der Waals surface area contributed by atoms with Gasteiger partial charge in [-0.2, -0.15) is 0 Å². The Morgan fingerprint density at radius 2 is 1.87 bits per heavy atom. The van der Waals surface area contributed by atoms with E-state index >= 15 is 0 Å². The van der Waals surface area contributed by atoms with Crippen molar-refractivity contribution in [3.05, 3.63) is 0 Å². The summed E-state index contributed by atoms with van der Waals surface area (Å²) in [5.41, 5.74) is 6.31. The van der Waals surface area contributed by atoms with E-state index in [0.717, 1.165) is 12.5 Å². The molecule has 0 saturated heterocycles. The quantitative estimate of drug-likeness (QED) is 0.733. The van der Waals surface area contributed by atoms with E-state index in [2.05, 4.69) is 25.7 Å². The number of nitrogens with zero attached hydrogens (tertiary/aromatic N) is 1. The molecule has 2 nitrogen and oxygen atoms in total. The van der Waals surface area contributed by atoms with Crippen LogP contribution in [0.2, 0.25) is 0 Å². The molecule has 2 N–H and O–H groups in total. The summed E-state index contributed by atoms with van der Waals surface area (Å²) in [6.45, 7) is 9.08. The van der Waals surface area contributed by atoms with Crippen molar-refractivity contribution in [3.8, 4) is 0 Å². The van der Waals surface area contributed by atoms with Gasteiger partial charge in [-0.1, -0.05) is 19.8 Å². The standard InChI is InChI=1S/C13H28N2/c1-4-9-15(11(2)3)10-13(14)12-7-5-6-8-12/h11-13H,4-10,14H2,1-3H3. The zero-order valence-corrected chi connectivity index (χ0v) is 10.7. The van der Waals surface area contributed by atoms with Gasteiger partial charge in [0.15, 0.2) is 0 Å². The summed E-state index contributed by atoms with van der Waals surface area (Å²) in [4.78, 5) is 2.53. The van der Waals surface area contributed by atoms with Crippen LogP contribution < -0.4 is 5.73 Å². The summed E-state index contributed by atoms with van der Waals surface area (Å²) in [5, 5.41) is 0. The highest BCUT2D eigenvalue weighted by atomic mass is 15.2. The lowest BCUT2D eigenvalue weighted by atomic mass is 9.98. The predicted molar refractivity (Wildman–Crippen MR) is 66.9 cm³/mol. The molecule has 1 aliphatic carbocycles. The summed E-state index contributed by atoms with van der Waals surface area (Å²) in [6.07, 6.45) is 6.75. The monoisotopic (exact) mass is 212 g/mol. The van der Waals surface area contributed by atoms with E-state index in [1.807, 2.05) is 0 Å². The van der Waals surface area contributed by atoms with E-state index < -0.39 is 0 Å². The molecule has 0 spiro atoms. The zero-order valence-electron chi connectivity index (χ0n) is 10.7. The van der Waals surface area contributed by atoms with E-state index in [9.17, 15) is 0 Å². The van der Waals surface area contributed by atoms with Crippen LogP contribution in [0.4, 0.5) is 0 Å². The van der Waals surface area contributed by atoms with Crippen LogP contribution in [0.1, 0.15) is 52.9 Å². The Bertz CT molecular complexity index is 162. The van der Waals surface area contributed by atoms with Crippen molar-refractivity contribution < 1.29 is 0 Å². The van der Waals surface area contributed by atoms with Crippen molar-refractivity contribution in [2.24, 2.45) is 11.7 Å². The lowest BCUT2D eigenvalue weighted by Crippen LogP contribution is -2.44. The molecule has 0 aromatic carbocycles. The normalized spacial score (nSPS) is 20.4. The molecule has 0 heterocycles. The van der Waals surface area contributed by atoms with Gasteiger partial charge in [0.1, 0.15) is 0 Å². The molecule has 15 heavy (non-hydrogen) atoms. The largest absolute Gasteiger partial charge is 0.326 e. The summed E-state index contributed by atoms with van der Waals surface area (Å²) < 4.78 is 0. The minimum atomic E-state index is 0.404. The maximum atomic E-state index is 6.31. The van der Waals surface area contributed by atoms with Crippen molar-refractivity contribution in [1.29, 1.82) is 0 Å². The molecule has 2 heteroatoms. The van der Waals surface area contributed by atoms with Crippen LogP contribution in [0.15, 0.2) is 0 Å². The van der Waals surface area contributed by atoms with Gasteiger partial charge >= 0.3 is 0 Å². The number of rotatable bonds is 6. The minimum absolute atomic E-state index is 0.404. The van der Waals surface area contributed by atoms with Crippen molar-refractivity contribution in [2.75, 3.05) is 13.1 Å². The highest BCUT2D eigenvalue weighted by Crippen LogP contribution is 2.27. The smallest absolute Gasteiger partial charge is 0.0196 e. The molecule has 0 aliphatic heterocycles. The van der Waals surface area contributed by atoms with Crippen molar-refractivity contribution in [2.45, 2.75) is 65.0 Å². The Balaban J connectivity index is 2.35. The van der Waals surface area contributed by atoms with Crippen LogP contribution in [-0.4, -0.2) is 30.1 Å². The Kier molecular flexibility index (Phi) is 5.62. The molecule has 0 aromatic heterocycles. The first-order valence-corrected chi connectivity index (χ1v) is 6.64. The lowest BCUT2D eigenvalue weighted by Gasteiger charge is -2.31. The van der Waals surface area contributed by atoms with Gasteiger partial charge in [-0.3, -0.25) is 4.90 Å². The summed E-state index contributed by atoms with van der Waals surface area (Å²) >= 11 is 0. The van der Waals surface area contributed by atoms with Crippen molar-refractivity contribution >= 4 is 0 Å². The van der Waals surface area contributed by atoms with Gasteiger partial charge in [0.25, 0.3) is 0 Å². The second-order valence-electron chi connectivity index (χ2n) is 5.30. The van der Waals surface area contributed by atoms with Gasteiger partial charge < -0.3 is 5.73 Å². The average molecular weight is 212 g/mol. The third-order valence-electron chi connectivity index (χ3n) is 3.69. The summed E-state index contributed by atoms with van der Waals surface area (Å²) in [6, 6.07) is 1.04. The van der Waals surface area contributed by atoms with Gasteiger partial charge in [-0.25, -0.2) is 0 Å². The molecule has 1 fully saturated rings. The topological polar surface area (TPSA) is 29.3 Å². The zero-order chi connectivity index (χ0) is 11.3. The predicted octanol–water partition coefficient (Wildman–Crippen LogP) is 2.62. The Morgan fingerprint density at radius 1 is 1.27 bits per heavy atom. The molecule has 1 atom stereocenters. The molecule has 1 rings (SSSR count). The molecule has 0 bridgehead atoms. The number of hydrogen-bond acceptors (Lipinski definition) is 2.